The fourth-order valence-electron chi connectivity index (χ4n) is 2.86. The molecule has 0 saturated heterocycles. The lowest BCUT2D eigenvalue weighted by Gasteiger charge is -2.06. The van der Waals surface area contributed by atoms with Gasteiger partial charge in [-0.15, -0.1) is 0 Å². The molecule has 0 spiro atoms. The highest BCUT2D eigenvalue weighted by Crippen LogP contribution is 2.30. The van der Waals surface area contributed by atoms with Crippen molar-refractivity contribution in [2.45, 2.75) is 6.92 Å². The Bertz CT molecular complexity index is 1070. The molecule has 0 saturated carbocycles. The molecule has 2 aromatic heterocycles. The minimum Gasteiger partial charge on any atom is -0.494 e. The summed E-state index contributed by atoms with van der Waals surface area (Å²) < 4.78 is 10.8. The topological polar surface area (TPSA) is 74.9 Å². The van der Waals surface area contributed by atoms with Crippen molar-refractivity contribution in [3.8, 4) is 5.75 Å². The number of ether oxygens (including phenoxy) is 1. The van der Waals surface area contributed by atoms with E-state index in [1.807, 2.05) is 55.5 Å². The number of aromatic amines is 1. The molecule has 5 heteroatoms. The molecule has 0 aliphatic rings. The normalized spacial score (nSPS) is 11.6. The van der Waals surface area contributed by atoms with Crippen LogP contribution in [0.4, 0.5) is 11.4 Å². The van der Waals surface area contributed by atoms with E-state index in [-0.39, 0.29) is 0 Å². The molecule has 0 fully saturated rings. The van der Waals surface area contributed by atoms with Gasteiger partial charge in [0.15, 0.2) is 0 Å². The number of nitrogens with zero attached hydrogens (tertiary/aromatic N) is 1. The van der Waals surface area contributed by atoms with E-state index in [9.17, 15) is 0 Å². The van der Waals surface area contributed by atoms with Gasteiger partial charge in [0.05, 0.1) is 41.2 Å². The van der Waals surface area contributed by atoms with E-state index in [1.165, 1.54) is 0 Å². The summed E-state index contributed by atoms with van der Waals surface area (Å²) in [5, 5.41) is 1.91. The Labute approximate surface area is 144 Å². The van der Waals surface area contributed by atoms with Crippen LogP contribution in [-0.4, -0.2) is 12.8 Å². The van der Waals surface area contributed by atoms with E-state index in [0.717, 1.165) is 38.9 Å². The van der Waals surface area contributed by atoms with Crippen molar-refractivity contribution in [3.63, 3.8) is 0 Å². The van der Waals surface area contributed by atoms with E-state index in [4.69, 9.17) is 14.9 Å². The third-order valence-electron chi connectivity index (χ3n) is 4.04. The standard InChI is InChI=1S/C20H17N3O2/c1-2-24-14-6-8-18-17(11-14)20(21)16-7-5-13(10-19(16)23-18)22-12-15-4-3-9-25-15/h3-12H,2H2,1H3,(H2,21,23)/p+1. The van der Waals surface area contributed by atoms with Crippen molar-refractivity contribution in [2.24, 2.45) is 4.99 Å². The van der Waals surface area contributed by atoms with Gasteiger partial charge in [-0.3, -0.25) is 4.99 Å². The molecular formula is C20H18N3O2+. The fraction of sp³-hybridized carbons (Fsp3) is 0.100. The summed E-state index contributed by atoms with van der Waals surface area (Å²) in [6.45, 7) is 2.59. The van der Waals surface area contributed by atoms with Crippen molar-refractivity contribution in [2.75, 3.05) is 12.3 Å². The van der Waals surface area contributed by atoms with Gasteiger partial charge in [-0.2, -0.15) is 0 Å². The maximum atomic E-state index is 6.39. The number of hydrogen-bond donors (Lipinski definition) is 1. The number of hydrogen-bond acceptors (Lipinski definition) is 4. The van der Waals surface area contributed by atoms with Crippen LogP contribution < -0.4 is 15.5 Å². The van der Waals surface area contributed by atoms with Crippen LogP contribution in [0.5, 0.6) is 5.75 Å². The first-order chi connectivity index (χ1) is 12.2. The number of fused-ring (bicyclic) bond motifs is 2. The summed E-state index contributed by atoms with van der Waals surface area (Å²) in [4.78, 5) is 7.87. The molecular weight excluding hydrogens is 314 g/mol. The number of nitrogens with two attached hydrogens (primary N) is 1. The van der Waals surface area contributed by atoms with Crippen molar-refractivity contribution in [1.29, 1.82) is 0 Å². The molecule has 4 aromatic rings. The molecule has 0 aliphatic heterocycles. The first-order valence-corrected chi connectivity index (χ1v) is 8.13. The van der Waals surface area contributed by atoms with Crippen LogP contribution in [0.1, 0.15) is 12.7 Å². The Morgan fingerprint density at radius 1 is 1.12 bits per heavy atom. The first kappa shape index (κ1) is 15.2. The Kier molecular flexibility index (Phi) is 3.82. The van der Waals surface area contributed by atoms with Crippen molar-refractivity contribution >= 4 is 39.4 Å². The number of pyridine rings is 1. The minimum atomic E-state index is 0.625. The van der Waals surface area contributed by atoms with Gasteiger partial charge < -0.3 is 14.9 Å². The van der Waals surface area contributed by atoms with Gasteiger partial charge in [-0.05, 0) is 43.3 Å². The smallest absolute Gasteiger partial charge is 0.215 e. The van der Waals surface area contributed by atoms with Gasteiger partial charge in [-0.1, -0.05) is 0 Å². The quantitative estimate of drug-likeness (QED) is 0.451. The summed E-state index contributed by atoms with van der Waals surface area (Å²) in [5.41, 5.74) is 9.84. The van der Waals surface area contributed by atoms with E-state index < -0.39 is 0 Å². The lowest BCUT2D eigenvalue weighted by Crippen LogP contribution is -2.08. The van der Waals surface area contributed by atoms with E-state index in [0.29, 0.717) is 12.4 Å². The van der Waals surface area contributed by atoms with Gasteiger partial charge in [-0.25, -0.2) is 4.98 Å². The Hall–Kier alpha value is -3.34. The van der Waals surface area contributed by atoms with Gasteiger partial charge in [0.1, 0.15) is 11.5 Å². The SMILES string of the molecule is CCOc1ccc2[nH+]c3cc(N=Cc4ccco4)ccc3c(N)c2c1. The second-order valence-corrected chi connectivity index (χ2v) is 5.68. The second kappa shape index (κ2) is 6.28. The molecule has 4 rings (SSSR count). The predicted molar refractivity (Wildman–Crippen MR) is 99.6 cm³/mol. The number of furan rings is 1. The highest BCUT2D eigenvalue weighted by atomic mass is 16.5. The molecule has 2 aromatic carbocycles. The van der Waals surface area contributed by atoms with Gasteiger partial charge >= 0.3 is 0 Å². The van der Waals surface area contributed by atoms with E-state index >= 15 is 0 Å². The molecule has 5 nitrogen and oxygen atoms in total. The molecule has 0 aliphatic carbocycles. The zero-order valence-corrected chi connectivity index (χ0v) is 13.8. The Morgan fingerprint density at radius 2 is 2.04 bits per heavy atom. The number of H-pyrrole nitrogens is 1. The van der Waals surface area contributed by atoms with Crippen molar-refractivity contribution < 1.29 is 14.1 Å². The van der Waals surface area contributed by atoms with Crippen LogP contribution >= 0.6 is 0 Å². The summed E-state index contributed by atoms with van der Waals surface area (Å²) in [6.07, 6.45) is 3.32. The zero-order chi connectivity index (χ0) is 17.2. The average molecular weight is 332 g/mol. The van der Waals surface area contributed by atoms with Crippen LogP contribution in [0.2, 0.25) is 0 Å². The molecule has 0 amide bonds. The number of nitrogens with one attached hydrogen (secondary N) is 1. The summed E-state index contributed by atoms with van der Waals surface area (Å²) in [7, 11) is 0. The highest BCUT2D eigenvalue weighted by Gasteiger charge is 2.13. The lowest BCUT2D eigenvalue weighted by atomic mass is 10.1. The maximum absolute atomic E-state index is 6.39. The number of nitrogen functional groups attached to an aromatic ring is 1. The monoisotopic (exact) mass is 332 g/mol. The predicted octanol–water partition coefficient (Wildman–Crippen LogP) is 4.13. The lowest BCUT2D eigenvalue weighted by molar-refractivity contribution is -0.310. The molecule has 2 heterocycles. The third kappa shape index (κ3) is 2.92. The van der Waals surface area contributed by atoms with Gasteiger partial charge in [0.2, 0.25) is 11.0 Å². The Morgan fingerprint density at radius 3 is 2.84 bits per heavy atom. The number of anilines is 1. The number of aromatic nitrogens is 1. The van der Waals surface area contributed by atoms with E-state index in [2.05, 4.69) is 9.98 Å². The fourth-order valence-corrected chi connectivity index (χ4v) is 2.86. The van der Waals surface area contributed by atoms with Crippen LogP contribution in [0.3, 0.4) is 0 Å². The molecule has 3 N–H and O–H groups in total. The van der Waals surface area contributed by atoms with Crippen LogP contribution in [-0.2, 0) is 0 Å². The van der Waals surface area contributed by atoms with Crippen LogP contribution in [0, 0.1) is 0 Å². The maximum Gasteiger partial charge on any atom is 0.215 e. The summed E-state index contributed by atoms with van der Waals surface area (Å²) in [6, 6.07) is 15.5. The molecule has 0 radical (unpaired) electrons. The highest BCUT2D eigenvalue weighted by molar-refractivity contribution is 6.04. The third-order valence-corrected chi connectivity index (χ3v) is 4.04. The first-order valence-electron chi connectivity index (χ1n) is 8.13. The van der Waals surface area contributed by atoms with Gasteiger partial charge in [0, 0.05) is 12.1 Å². The average Bonchev–Trinajstić information content (AvgIpc) is 3.14. The van der Waals surface area contributed by atoms with Crippen LogP contribution in [0.15, 0.2) is 64.2 Å². The second-order valence-electron chi connectivity index (χ2n) is 5.68. The molecule has 0 bridgehead atoms. The zero-order valence-electron chi connectivity index (χ0n) is 13.8. The van der Waals surface area contributed by atoms with E-state index in [1.54, 1.807) is 12.5 Å². The largest absolute Gasteiger partial charge is 0.494 e. The molecule has 0 unspecified atom stereocenters. The summed E-state index contributed by atoms with van der Waals surface area (Å²) in [5.74, 6) is 1.53. The molecule has 124 valence electrons. The van der Waals surface area contributed by atoms with Crippen molar-refractivity contribution in [1.82, 2.24) is 0 Å². The van der Waals surface area contributed by atoms with Crippen molar-refractivity contribution in [3.05, 3.63) is 60.6 Å². The molecule has 0 atom stereocenters. The minimum absolute atomic E-state index is 0.625. The number of aliphatic imine (C=N–C) groups is 1. The Balaban J connectivity index is 1.80. The summed E-state index contributed by atoms with van der Waals surface area (Å²) >= 11 is 0. The molecule has 25 heavy (non-hydrogen) atoms. The van der Waals surface area contributed by atoms with Gasteiger partial charge in [0.25, 0.3) is 0 Å². The number of benzene rings is 2. The number of rotatable bonds is 4. The van der Waals surface area contributed by atoms with Crippen LogP contribution in [0.25, 0.3) is 21.8 Å².